The molecule has 1 saturated heterocycles. The molecule has 0 aromatic heterocycles. The monoisotopic (exact) mass is 551 g/mol. The lowest BCUT2D eigenvalue weighted by molar-refractivity contribution is -0.111. The molecule has 6 nitrogen and oxygen atoms in total. The fourth-order valence-electron chi connectivity index (χ4n) is 4.98. The van der Waals surface area contributed by atoms with E-state index >= 15 is 0 Å². The Morgan fingerprint density at radius 1 is 0.750 bits per heavy atom. The van der Waals surface area contributed by atoms with E-state index in [0.29, 0.717) is 31.9 Å². The molecular formula is C33H33N3O3S. The predicted molar refractivity (Wildman–Crippen MR) is 160 cm³/mol. The van der Waals surface area contributed by atoms with E-state index in [0.717, 1.165) is 11.1 Å². The Bertz CT molecular complexity index is 1510. The maximum Gasteiger partial charge on any atom is 0.248 e. The Hall–Kier alpha value is -4.04. The molecule has 1 N–H and O–H groups in total. The molecule has 40 heavy (non-hydrogen) atoms. The third kappa shape index (κ3) is 6.57. The molecule has 0 atom stereocenters. The van der Waals surface area contributed by atoms with Crippen LogP contribution >= 0.6 is 0 Å². The largest absolute Gasteiger partial charge is 0.323 e. The summed E-state index contributed by atoms with van der Waals surface area (Å²) < 4.78 is 28.4. The summed E-state index contributed by atoms with van der Waals surface area (Å²) in [7, 11) is -3.66. The minimum Gasteiger partial charge on any atom is -0.323 e. The summed E-state index contributed by atoms with van der Waals surface area (Å²) in [6.07, 6.45) is 3.21. The van der Waals surface area contributed by atoms with Crippen LogP contribution in [0.25, 0.3) is 6.08 Å². The number of nitrogens with zero attached hydrogens (tertiary/aromatic N) is 2. The number of sulfonamides is 1. The van der Waals surface area contributed by atoms with Gasteiger partial charge in [-0.15, -0.1) is 0 Å². The molecule has 0 unspecified atom stereocenters. The van der Waals surface area contributed by atoms with Crippen LogP contribution in [0, 0.1) is 6.92 Å². The molecule has 1 fully saturated rings. The number of anilines is 1. The van der Waals surface area contributed by atoms with Crippen molar-refractivity contribution in [1.29, 1.82) is 0 Å². The third-order valence-electron chi connectivity index (χ3n) is 7.13. The first-order valence-corrected chi connectivity index (χ1v) is 14.8. The zero-order chi connectivity index (χ0) is 28.0. The van der Waals surface area contributed by atoms with E-state index in [-0.39, 0.29) is 16.8 Å². The molecule has 7 heteroatoms. The molecule has 0 spiro atoms. The molecule has 0 aliphatic carbocycles. The first-order chi connectivity index (χ1) is 19.4. The standard InChI is InChI=1S/C33H33N3O3S/c1-26-12-14-27(15-13-26)16-21-32(37)34-30-17-19-31(20-18-30)40(38,39)36-24-22-35(23-25-36)33(28-8-4-2-5-9-28)29-10-6-3-7-11-29/h2-21,33H,22-25H2,1H3,(H,34,37). The van der Waals surface area contributed by atoms with Gasteiger partial charge in [0.05, 0.1) is 10.9 Å². The van der Waals surface area contributed by atoms with Crippen LogP contribution in [0.3, 0.4) is 0 Å². The van der Waals surface area contributed by atoms with Crippen molar-refractivity contribution in [2.24, 2.45) is 0 Å². The molecule has 4 aromatic carbocycles. The second kappa shape index (κ2) is 12.4. The van der Waals surface area contributed by atoms with Crippen LogP contribution in [0.15, 0.2) is 120 Å². The van der Waals surface area contributed by atoms with Crippen LogP contribution in [0.1, 0.15) is 28.3 Å². The van der Waals surface area contributed by atoms with Crippen molar-refractivity contribution >= 4 is 27.7 Å². The van der Waals surface area contributed by atoms with Crippen LogP contribution in [-0.2, 0) is 14.8 Å². The van der Waals surface area contributed by atoms with Gasteiger partial charge in [-0.3, -0.25) is 9.69 Å². The summed E-state index contributed by atoms with van der Waals surface area (Å²) in [6.45, 7) is 4.06. The average molecular weight is 552 g/mol. The highest BCUT2D eigenvalue weighted by atomic mass is 32.2. The van der Waals surface area contributed by atoms with Crippen molar-refractivity contribution in [2.75, 3.05) is 31.5 Å². The number of carbonyl (C=O) groups is 1. The fraction of sp³-hybridized carbons (Fsp3) is 0.182. The van der Waals surface area contributed by atoms with E-state index in [2.05, 4.69) is 34.5 Å². The van der Waals surface area contributed by atoms with Crippen molar-refractivity contribution in [1.82, 2.24) is 9.21 Å². The molecular weight excluding hydrogens is 518 g/mol. The third-order valence-corrected chi connectivity index (χ3v) is 9.05. The number of piperazine rings is 1. The van der Waals surface area contributed by atoms with Gasteiger partial charge in [-0.05, 0) is 54.0 Å². The number of rotatable bonds is 8. The first-order valence-electron chi connectivity index (χ1n) is 13.4. The Labute approximate surface area is 236 Å². The van der Waals surface area contributed by atoms with Crippen LogP contribution in [0.2, 0.25) is 0 Å². The number of hydrogen-bond acceptors (Lipinski definition) is 4. The van der Waals surface area contributed by atoms with E-state index in [1.165, 1.54) is 17.2 Å². The topological polar surface area (TPSA) is 69.7 Å². The summed E-state index contributed by atoms with van der Waals surface area (Å²) >= 11 is 0. The molecule has 1 amide bonds. The number of carbonyl (C=O) groups excluding carboxylic acids is 1. The lowest BCUT2D eigenvalue weighted by Gasteiger charge is -2.39. The average Bonchev–Trinajstić information content (AvgIpc) is 2.99. The zero-order valence-electron chi connectivity index (χ0n) is 22.5. The molecule has 4 aromatic rings. The molecule has 5 rings (SSSR count). The summed E-state index contributed by atoms with van der Waals surface area (Å²) in [5.74, 6) is -0.279. The van der Waals surface area contributed by atoms with Gasteiger partial charge < -0.3 is 5.32 Å². The second-order valence-corrected chi connectivity index (χ2v) is 11.9. The van der Waals surface area contributed by atoms with Gasteiger partial charge in [0.15, 0.2) is 0 Å². The summed E-state index contributed by atoms with van der Waals surface area (Å²) in [5.41, 5.74) is 5.01. The normalized spacial score (nSPS) is 14.9. The predicted octanol–water partition coefficient (Wildman–Crippen LogP) is 5.74. The van der Waals surface area contributed by atoms with E-state index in [1.54, 1.807) is 34.6 Å². The highest BCUT2D eigenvalue weighted by molar-refractivity contribution is 7.89. The number of aryl methyl sites for hydroxylation is 1. The first kappa shape index (κ1) is 27.5. The van der Waals surface area contributed by atoms with Gasteiger partial charge >= 0.3 is 0 Å². The number of benzene rings is 4. The zero-order valence-corrected chi connectivity index (χ0v) is 23.3. The van der Waals surface area contributed by atoms with Gasteiger partial charge in [-0.25, -0.2) is 8.42 Å². The van der Waals surface area contributed by atoms with Crippen molar-refractivity contribution in [3.63, 3.8) is 0 Å². The van der Waals surface area contributed by atoms with E-state index < -0.39 is 10.0 Å². The van der Waals surface area contributed by atoms with Gasteiger partial charge in [0, 0.05) is 37.9 Å². The molecule has 0 saturated carbocycles. The van der Waals surface area contributed by atoms with Gasteiger partial charge in [0.2, 0.25) is 15.9 Å². The maximum absolute atomic E-state index is 13.4. The molecule has 1 aliphatic heterocycles. The summed E-state index contributed by atoms with van der Waals surface area (Å²) in [6, 6.07) is 35.0. The van der Waals surface area contributed by atoms with Gasteiger partial charge in [-0.2, -0.15) is 4.31 Å². The number of nitrogens with one attached hydrogen (secondary N) is 1. The molecule has 1 aliphatic rings. The van der Waals surface area contributed by atoms with Crippen LogP contribution in [-0.4, -0.2) is 49.7 Å². The van der Waals surface area contributed by atoms with Gasteiger partial charge in [-0.1, -0.05) is 90.5 Å². The summed E-state index contributed by atoms with van der Waals surface area (Å²) in [4.78, 5) is 14.9. The van der Waals surface area contributed by atoms with Gasteiger partial charge in [0.1, 0.15) is 0 Å². The maximum atomic E-state index is 13.4. The van der Waals surface area contributed by atoms with Crippen molar-refractivity contribution in [2.45, 2.75) is 17.9 Å². The highest BCUT2D eigenvalue weighted by Crippen LogP contribution is 2.30. The number of hydrogen-bond donors (Lipinski definition) is 1. The summed E-state index contributed by atoms with van der Waals surface area (Å²) in [5, 5.41) is 2.79. The van der Waals surface area contributed by atoms with Gasteiger partial charge in [0.25, 0.3) is 0 Å². The molecule has 0 bridgehead atoms. The smallest absolute Gasteiger partial charge is 0.248 e. The lowest BCUT2D eigenvalue weighted by atomic mass is 9.96. The highest BCUT2D eigenvalue weighted by Gasteiger charge is 2.32. The minimum absolute atomic E-state index is 0.0650. The van der Waals surface area contributed by atoms with Crippen LogP contribution in [0.4, 0.5) is 5.69 Å². The van der Waals surface area contributed by atoms with Crippen LogP contribution in [0.5, 0.6) is 0 Å². The molecule has 204 valence electrons. The van der Waals surface area contributed by atoms with Crippen molar-refractivity contribution in [3.05, 3.63) is 138 Å². The SMILES string of the molecule is Cc1ccc(C=CC(=O)Nc2ccc(S(=O)(=O)N3CCN(C(c4ccccc4)c4ccccc4)CC3)cc2)cc1. The number of amides is 1. The van der Waals surface area contributed by atoms with Crippen molar-refractivity contribution in [3.8, 4) is 0 Å². The van der Waals surface area contributed by atoms with E-state index in [1.807, 2.05) is 67.6 Å². The molecule has 0 radical (unpaired) electrons. The Balaban J connectivity index is 1.22. The van der Waals surface area contributed by atoms with E-state index in [9.17, 15) is 13.2 Å². The quantitative estimate of drug-likeness (QED) is 0.284. The lowest BCUT2D eigenvalue weighted by Crippen LogP contribution is -2.49. The Morgan fingerprint density at radius 2 is 1.30 bits per heavy atom. The fourth-order valence-corrected chi connectivity index (χ4v) is 6.40. The van der Waals surface area contributed by atoms with Crippen molar-refractivity contribution < 1.29 is 13.2 Å². The second-order valence-electron chi connectivity index (χ2n) is 9.92. The Morgan fingerprint density at radius 3 is 1.85 bits per heavy atom. The minimum atomic E-state index is -3.66. The Kier molecular flexibility index (Phi) is 8.55. The molecule has 1 heterocycles. The van der Waals surface area contributed by atoms with Crippen LogP contribution < -0.4 is 5.32 Å². The van der Waals surface area contributed by atoms with E-state index in [4.69, 9.17) is 0 Å².